The molecule has 0 saturated carbocycles. The number of pyridine rings is 1. The van der Waals surface area contributed by atoms with E-state index in [9.17, 15) is 0 Å². The Morgan fingerprint density at radius 3 is 2.73 bits per heavy atom. The smallest absolute Gasteiger partial charge is 0.217 e. The summed E-state index contributed by atoms with van der Waals surface area (Å²) in [4.78, 5) is 4.40. The summed E-state index contributed by atoms with van der Waals surface area (Å²) >= 11 is 0. The van der Waals surface area contributed by atoms with Crippen LogP contribution in [0, 0.1) is 6.92 Å². The van der Waals surface area contributed by atoms with E-state index in [0.29, 0.717) is 23.9 Å². The average Bonchev–Trinajstić information content (AvgIpc) is 2.54. The molecule has 0 amide bonds. The minimum absolute atomic E-state index is 0.529. The Labute approximate surface area is 131 Å². The number of ether oxygens (including phenoxy) is 1. The molecule has 0 atom stereocenters. The lowest BCUT2D eigenvalue weighted by molar-refractivity contribution is 0.399. The molecule has 1 aromatic heterocycles. The van der Waals surface area contributed by atoms with Gasteiger partial charge in [0.15, 0.2) is 5.82 Å². The first kappa shape index (κ1) is 15.9. The van der Waals surface area contributed by atoms with Crippen LogP contribution in [0.4, 0.5) is 17.2 Å². The second-order valence-corrected chi connectivity index (χ2v) is 5.14. The lowest BCUT2D eigenvalue weighted by atomic mass is 10.00. The zero-order chi connectivity index (χ0) is 16.1. The molecular formula is C17H24N4O. The first-order valence-corrected chi connectivity index (χ1v) is 7.44. The highest BCUT2D eigenvalue weighted by Crippen LogP contribution is 2.30. The van der Waals surface area contributed by atoms with Crippen LogP contribution in [-0.4, -0.2) is 19.1 Å². The van der Waals surface area contributed by atoms with Crippen LogP contribution in [0.1, 0.15) is 23.6 Å². The molecule has 0 radical (unpaired) electrons. The molecule has 118 valence electrons. The molecule has 5 nitrogen and oxygen atoms in total. The number of nitrogens with zero attached hydrogens (tertiary/aromatic N) is 1. The van der Waals surface area contributed by atoms with E-state index in [4.69, 9.17) is 10.5 Å². The summed E-state index contributed by atoms with van der Waals surface area (Å²) in [5.41, 5.74) is 11.4. The predicted octanol–water partition coefficient (Wildman–Crippen LogP) is 3.20. The second-order valence-electron chi connectivity index (χ2n) is 5.14. The molecule has 0 aliphatic heterocycles. The Bertz CT molecular complexity index is 655. The fourth-order valence-electron chi connectivity index (χ4n) is 2.50. The predicted molar refractivity (Wildman–Crippen MR) is 92.6 cm³/mol. The van der Waals surface area contributed by atoms with Crippen molar-refractivity contribution >= 4 is 17.2 Å². The third-order valence-electron chi connectivity index (χ3n) is 3.83. The molecule has 0 aliphatic carbocycles. The highest BCUT2D eigenvalue weighted by atomic mass is 16.5. The lowest BCUT2D eigenvalue weighted by Gasteiger charge is -2.16. The Hall–Kier alpha value is -2.43. The number of anilines is 3. The number of methoxy groups -OCH3 is 1. The van der Waals surface area contributed by atoms with Crippen molar-refractivity contribution in [2.45, 2.75) is 26.8 Å². The molecule has 2 aromatic rings. The van der Waals surface area contributed by atoms with Crippen LogP contribution in [0.15, 0.2) is 24.3 Å². The van der Waals surface area contributed by atoms with Crippen LogP contribution >= 0.6 is 0 Å². The van der Waals surface area contributed by atoms with Crippen molar-refractivity contribution in [2.75, 3.05) is 30.5 Å². The summed E-state index contributed by atoms with van der Waals surface area (Å²) in [5, 5.41) is 6.40. The van der Waals surface area contributed by atoms with Gasteiger partial charge in [0, 0.05) is 19.7 Å². The molecule has 0 saturated heterocycles. The Kier molecular flexibility index (Phi) is 5.09. The fourth-order valence-corrected chi connectivity index (χ4v) is 2.50. The van der Waals surface area contributed by atoms with Crippen molar-refractivity contribution in [3.63, 3.8) is 0 Å². The van der Waals surface area contributed by atoms with E-state index >= 15 is 0 Å². The van der Waals surface area contributed by atoms with Crippen LogP contribution in [0.2, 0.25) is 0 Å². The number of hydrogen-bond donors (Lipinski definition) is 3. The highest BCUT2D eigenvalue weighted by Gasteiger charge is 2.11. The average molecular weight is 300 g/mol. The molecule has 22 heavy (non-hydrogen) atoms. The van der Waals surface area contributed by atoms with E-state index in [2.05, 4.69) is 47.7 Å². The van der Waals surface area contributed by atoms with E-state index in [0.717, 1.165) is 12.1 Å². The van der Waals surface area contributed by atoms with E-state index in [1.54, 1.807) is 13.2 Å². The van der Waals surface area contributed by atoms with E-state index in [1.807, 2.05) is 7.05 Å². The van der Waals surface area contributed by atoms with Gasteiger partial charge < -0.3 is 21.1 Å². The van der Waals surface area contributed by atoms with Gasteiger partial charge in [0.05, 0.1) is 18.5 Å². The van der Waals surface area contributed by atoms with Gasteiger partial charge in [-0.15, -0.1) is 0 Å². The molecule has 0 unspecified atom stereocenters. The first-order valence-electron chi connectivity index (χ1n) is 7.44. The Morgan fingerprint density at radius 1 is 1.32 bits per heavy atom. The van der Waals surface area contributed by atoms with Crippen LogP contribution in [0.3, 0.4) is 0 Å². The molecule has 4 N–H and O–H groups in total. The Morgan fingerprint density at radius 2 is 2.09 bits per heavy atom. The number of aromatic nitrogens is 1. The van der Waals surface area contributed by atoms with Crippen LogP contribution in [0.5, 0.6) is 5.88 Å². The largest absolute Gasteiger partial charge is 0.481 e. The standard InChI is InChI=1S/C17H24N4O/c1-5-12-8-6-7-11(2)13(12)10-20-17-16(18)14(19-3)9-15(21-17)22-4/h6-9H,5,10,18H2,1-4H3,(H2,19,20,21). The van der Waals surface area contributed by atoms with Gasteiger partial charge >= 0.3 is 0 Å². The number of nitrogens with two attached hydrogens (primary N) is 1. The van der Waals surface area contributed by atoms with E-state index < -0.39 is 0 Å². The maximum absolute atomic E-state index is 6.15. The molecule has 1 heterocycles. The molecule has 0 spiro atoms. The van der Waals surface area contributed by atoms with Crippen LogP contribution < -0.4 is 21.1 Å². The van der Waals surface area contributed by atoms with Crippen molar-refractivity contribution in [1.82, 2.24) is 4.98 Å². The van der Waals surface area contributed by atoms with Crippen molar-refractivity contribution in [3.05, 3.63) is 41.0 Å². The van der Waals surface area contributed by atoms with Gasteiger partial charge in [0.1, 0.15) is 0 Å². The second kappa shape index (κ2) is 7.02. The normalized spacial score (nSPS) is 10.4. The third kappa shape index (κ3) is 3.24. The molecule has 1 aromatic carbocycles. The first-order chi connectivity index (χ1) is 10.6. The number of benzene rings is 1. The van der Waals surface area contributed by atoms with Crippen LogP contribution in [0.25, 0.3) is 0 Å². The summed E-state index contributed by atoms with van der Waals surface area (Å²) in [6.45, 7) is 4.97. The quantitative estimate of drug-likeness (QED) is 0.764. The summed E-state index contributed by atoms with van der Waals surface area (Å²) in [6.07, 6.45) is 1.00. The van der Waals surface area contributed by atoms with Gasteiger partial charge in [-0.2, -0.15) is 4.98 Å². The summed E-state index contributed by atoms with van der Waals surface area (Å²) < 4.78 is 5.23. The Balaban J connectivity index is 2.29. The number of aryl methyl sites for hydroxylation is 2. The summed E-state index contributed by atoms with van der Waals surface area (Å²) in [6, 6.07) is 8.16. The minimum Gasteiger partial charge on any atom is -0.481 e. The van der Waals surface area contributed by atoms with Gasteiger partial charge in [-0.25, -0.2) is 0 Å². The zero-order valence-electron chi connectivity index (χ0n) is 13.7. The molecule has 5 heteroatoms. The molecule has 0 fully saturated rings. The monoisotopic (exact) mass is 300 g/mol. The molecule has 0 bridgehead atoms. The van der Waals surface area contributed by atoms with Crippen LogP contribution in [-0.2, 0) is 13.0 Å². The highest BCUT2D eigenvalue weighted by molar-refractivity contribution is 5.78. The number of rotatable bonds is 6. The number of hydrogen-bond acceptors (Lipinski definition) is 5. The van der Waals surface area contributed by atoms with Gasteiger partial charge in [-0.3, -0.25) is 0 Å². The topological polar surface area (TPSA) is 72.2 Å². The van der Waals surface area contributed by atoms with Crippen molar-refractivity contribution < 1.29 is 4.74 Å². The summed E-state index contributed by atoms with van der Waals surface area (Å²) in [7, 11) is 3.42. The van der Waals surface area contributed by atoms with E-state index in [1.165, 1.54) is 16.7 Å². The SMILES string of the molecule is CCc1cccc(C)c1CNc1nc(OC)cc(NC)c1N. The number of nitrogen functional groups attached to an aromatic ring is 1. The van der Waals surface area contributed by atoms with Crippen molar-refractivity contribution in [2.24, 2.45) is 0 Å². The van der Waals surface area contributed by atoms with Gasteiger partial charge in [-0.1, -0.05) is 25.1 Å². The lowest BCUT2D eigenvalue weighted by Crippen LogP contribution is -2.10. The van der Waals surface area contributed by atoms with Gasteiger partial charge in [0.2, 0.25) is 5.88 Å². The fraction of sp³-hybridized carbons (Fsp3) is 0.353. The van der Waals surface area contributed by atoms with Crippen molar-refractivity contribution in [1.29, 1.82) is 0 Å². The molecule has 2 rings (SSSR count). The minimum atomic E-state index is 0.529. The maximum Gasteiger partial charge on any atom is 0.217 e. The molecule has 0 aliphatic rings. The number of nitrogens with one attached hydrogen (secondary N) is 2. The summed E-state index contributed by atoms with van der Waals surface area (Å²) in [5.74, 6) is 1.16. The zero-order valence-corrected chi connectivity index (χ0v) is 13.7. The molecular weight excluding hydrogens is 276 g/mol. The maximum atomic E-state index is 6.15. The van der Waals surface area contributed by atoms with Gasteiger partial charge in [0.25, 0.3) is 0 Å². The van der Waals surface area contributed by atoms with E-state index in [-0.39, 0.29) is 0 Å². The van der Waals surface area contributed by atoms with Crippen molar-refractivity contribution in [3.8, 4) is 5.88 Å². The van der Waals surface area contributed by atoms with Gasteiger partial charge in [-0.05, 0) is 30.0 Å². The third-order valence-corrected chi connectivity index (χ3v) is 3.83.